The zero-order chi connectivity index (χ0) is 19.3. The molecule has 2 aliphatic rings. The van der Waals surface area contributed by atoms with Gasteiger partial charge < -0.3 is 9.88 Å². The van der Waals surface area contributed by atoms with Crippen LogP contribution in [0, 0.1) is 0 Å². The van der Waals surface area contributed by atoms with Crippen LogP contribution in [0.2, 0.25) is 0 Å². The number of aryl methyl sites for hydroxylation is 1. The predicted molar refractivity (Wildman–Crippen MR) is 110 cm³/mol. The number of piperazine rings is 1. The Kier molecular flexibility index (Phi) is 6.05. The molecule has 0 spiro atoms. The van der Waals surface area contributed by atoms with Gasteiger partial charge in [-0.15, -0.1) is 0 Å². The number of aromatic nitrogens is 2. The van der Waals surface area contributed by atoms with E-state index in [9.17, 15) is 9.59 Å². The van der Waals surface area contributed by atoms with E-state index in [1.165, 1.54) is 38.5 Å². The molecule has 6 nitrogen and oxygen atoms in total. The van der Waals surface area contributed by atoms with E-state index in [0.717, 1.165) is 26.2 Å². The maximum absolute atomic E-state index is 12.6. The summed E-state index contributed by atoms with van der Waals surface area (Å²) in [5.74, 6) is 0.755. The van der Waals surface area contributed by atoms with E-state index in [0.29, 0.717) is 35.6 Å². The smallest absolute Gasteiger partial charge is 0.258 e. The Hall–Kier alpha value is -2.21. The van der Waals surface area contributed by atoms with E-state index < -0.39 is 0 Å². The second kappa shape index (κ2) is 8.86. The number of fused-ring (bicyclic) bond motifs is 1. The van der Waals surface area contributed by atoms with Crippen LogP contribution in [0.25, 0.3) is 10.9 Å². The number of hydrogen-bond acceptors (Lipinski definition) is 4. The minimum Gasteiger partial charge on any atom is -0.340 e. The van der Waals surface area contributed by atoms with E-state index in [-0.39, 0.29) is 11.5 Å². The molecule has 1 aliphatic carbocycles. The van der Waals surface area contributed by atoms with Gasteiger partial charge in [0.1, 0.15) is 5.82 Å². The van der Waals surface area contributed by atoms with Crippen LogP contribution in [0.5, 0.6) is 0 Å². The van der Waals surface area contributed by atoms with Crippen molar-refractivity contribution < 1.29 is 4.79 Å². The van der Waals surface area contributed by atoms with Crippen molar-refractivity contribution in [2.24, 2.45) is 0 Å². The second-order valence-electron chi connectivity index (χ2n) is 8.09. The van der Waals surface area contributed by atoms with Crippen LogP contribution >= 0.6 is 0 Å². The topological polar surface area (TPSA) is 69.3 Å². The van der Waals surface area contributed by atoms with Gasteiger partial charge in [-0.3, -0.25) is 14.5 Å². The number of aromatic amines is 1. The van der Waals surface area contributed by atoms with E-state index in [2.05, 4.69) is 14.9 Å². The van der Waals surface area contributed by atoms with E-state index in [4.69, 9.17) is 0 Å². The average molecular weight is 383 g/mol. The molecule has 0 unspecified atom stereocenters. The Morgan fingerprint density at radius 2 is 1.75 bits per heavy atom. The largest absolute Gasteiger partial charge is 0.340 e. The number of para-hydroxylation sites is 1. The van der Waals surface area contributed by atoms with Gasteiger partial charge in [-0.2, -0.15) is 0 Å². The summed E-state index contributed by atoms with van der Waals surface area (Å²) in [7, 11) is 0. The van der Waals surface area contributed by atoms with Gasteiger partial charge in [0.05, 0.1) is 10.9 Å². The molecular formula is C22H30N4O2. The first kappa shape index (κ1) is 19.1. The molecule has 150 valence electrons. The number of hydrogen-bond donors (Lipinski definition) is 1. The highest BCUT2D eigenvalue weighted by Gasteiger charge is 2.26. The van der Waals surface area contributed by atoms with Crippen molar-refractivity contribution in [3.8, 4) is 0 Å². The average Bonchev–Trinajstić information content (AvgIpc) is 3.02. The Balaban J connectivity index is 1.29. The number of carbonyl (C=O) groups excluding carboxylic acids is 1. The van der Waals surface area contributed by atoms with Crippen molar-refractivity contribution in [3.05, 3.63) is 40.4 Å². The minimum atomic E-state index is -0.134. The molecular weight excluding hydrogens is 352 g/mol. The summed E-state index contributed by atoms with van der Waals surface area (Å²) in [6.07, 6.45) is 8.94. The van der Waals surface area contributed by atoms with Crippen LogP contribution in [0.1, 0.15) is 50.8 Å². The lowest BCUT2D eigenvalue weighted by Gasteiger charge is -2.39. The van der Waals surface area contributed by atoms with Crippen molar-refractivity contribution in [1.82, 2.24) is 19.8 Å². The Morgan fingerprint density at radius 3 is 2.50 bits per heavy atom. The maximum atomic E-state index is 12.6. The lowest BCUT2D eigenvalue weighted by atomic mass is 10.1. The van der Waals surface area contributed by atoms with Crippen LogP contribution < -0.4 is 5.56 Å². The zero-order valence-electron chi connectivity index (χ0n) is 16.5. The van der Waals surface area contributed by atoms with Crippen molar-refractivity contribution in [2.75, 3.05) is 26.2 Å². The monoisotopic (exact) mass is 382 g/mol. The molecule has 1 aromatic heterocycles. The lowest BCUT2D eigenvalue weighted by molar-refractivity contribution is -0.133. The highest BCUT2D eigenvalue weighted by Crippen LogP contribution is 2.23. The molecule has 1 N–H and O–H groups in total. The molecule has 6 heteroatoms. The molecule has 2 fully saturated rings. The number of carbonyl (C=O) groups is 1. The van der Waals surface area contributed by atoms with Crippen molar-refractivity contribution >= 4 is 16.8 Å². The highest BCUT2D eigenvalue weighted by atomic mass is 16.2. The standard InChI is InChI=1S/C22H30N4O2/c27-21(12-11-20-23-19-10-6-5-9-18(19)22(28)24-20)26-15-13-25(14-16-26)17-7-3-1-2-4-8-17/h5-6,9-10,17H,1-4,7-8,11-16H2,(H,23,24,28). The van der Waals surface area contributed by atoms with Gasteiger partial charge >= 0.3 is 0 Å². The molecule has 28 heavy (non-hydrogen) atoms. The summed E-state index contributed by atoms with van der Waals surface area (Å²) in [4.78, 5) is 36.7. The predicted octanol–water partition coefficient (Wildman–Crippen LogP) is 2.72. The van der Waals surface area contributed by atoms with Crippen LogP contribution in [-0.2, 0) is 11.2 Å². The van der Waals surface area contributed by atoms with E-state index >= 15 is 0 Å². The fraction of sp³-hybridized carbons (Fsp3) is 0.591. The van der Waals surface area contributed by atoms with Gasteiger partial charge in [0.2, 0.25) is 5.91 Å². The molecule has 1 aromatic carbocycles. The van der Waals surface area contributed by atoms with E-state index in [1.807, 2.05) is 23.1 Å². The van der Waals surface area contributed by atoms with Crippen molar-refractivity contribution in [3.63, 3.8) is 0 Å². The van der Waals surface area contributed by atoms with Gasteiger partial charge in [-0.05, 0) is 25.0 Å². The summed E-state index contributed by atoms with van der Waals surface area (Å²) < 4.78 is 0. The van der Waals surface area contributed by atoms with Crippen LogP contribution in [0.4, 0.5) is 0 Å². The van der Waals surface area contributed by atoms with Crippen LogP contribution in [0.15, 0.2) is 29.1 Å². The summed E-state index contributed by atoms with van der Waals surface area (Å²) >= 11 is 0. The molecule has 2 heterocycles. The molecule has 1 saturated carbocycles. The molecule has 0 atom stereocenters. The van der Waals surface area contributed by atoms with Gasteiger partial charge in [-0.25, -0.2) is 4.98 Å². The molecule has 2 aromatic rings. The van der Waals surface area contributed by atoms with E-state index in [1.54, 1.807) is 6.07 Å². The van der Waals surface area contributed by atoms with Crippen LogP contribution in [-0.4, -0.2) is 57.9 Å². The fourth-order valence-corrected chi connectivity index (χ4v) is 4.60. The Bertz CT molecular complexity index is 862. The molecule has 0 radical (unpaired) electrons. The number of rotatable bonds is 4. The molecule has 1 aliphatic heterocycles. The number of H-pyrrole nitrogens is 1. The summed E-state index contributed by atoms with van der Waals surface area (Å²) in [6, 6.07) is 8.02. The molecule has 1 saturated heterocycles. The zero-order valence-corrected chi connectivity index (χ0v) is 16.5. The van der Waals surface area contributed by atoms with Crippen molar-refractivity contribution in [1.29, 1.82) is 0 Å². The minimum absolute atomic E-state index is 0.134. The maximum Gasteiger partial charge on any atom is 0.258 e. The third-order valence-corrected chi connectivity index (χ3v) is 6.25. The number of nitrogens with zero attached hydrogens (tertiary/aromatic N) is 3. The number of amides is 1. The SMILES string of the molecule is O=C(CCc1nc2ccccc2c(=O)[nH]1)N1CCN(C2CCCCCC2)CC1. The molecule has 1 amide bonds. The second-order valence-corrected chi connectivity index (χ2v) is 8.09. The number of benzene rings is 1. The summed E-state index contributed by atoms with van der Waals surface area (Å²) in [5, 5.41) is 0.590. The summed E-state index contributed by atoms with van der Waals surface area (Å²) in [5.41, 5.74) is 0.552. The lowest BCUT2D eigenvalue weighted by Crippen LogP contribution is -2.51. The molecule has 0 bridgehead atoms. The van der Waals surface area contributed by atoms with Gasteiger partial charge in [-0.1, -0.05) is 37.8 Å². The third-order valence-electron chi connectivity index (χ3n) is 6.25. The quantitative estimate of drug-likeness (QED) is 0.826. The normalized spacial score (nSPS) is 19.6. The van der Waals surface area contributed by atoms with Gasteiger partial charge in [0, 0.05) is 45.1 Å². The number of nitrogens with one attached hydrogen (secondary N) is 1. The molecule has 4 rings (SSSR count). The first-order valence-electron chi connectivity index (χ1n) is 10.7. The third kappa shape index (κ3) is 4.43. The Labute approximate surface area is 165 Å². The van der Waals surface area contributed by atoms with Crippen molar-refractivity contribution in [2.45, 2.75) is 57.4 Å². The van der Waals surface area contributed by atoms with Gasteiger partial charge in [0.25, 0.3) is 5.56 Å². The van der Waals surface area contributed by atoms with Crippen LogP contribution in [0.3, 0.4) is 0 Å². The first-order chi connectivity index (χ1) is 13.7. The first-order valence-corrected chi connectivity index (χ1v) is 10.7. The Morgan fingerprint density at radius 1 is 1.04 bits per heavy atom. The highest BCUT2D eigenvalue weighted by molar-refractivity contribution is 5.78. The summed E-state index contributed by atoms with van der Waals surface area (Å²) in [6.45, 7) is 3.61. The fourth-order valence-electron chi connectivity index (χ4n) is 4.60. The van der Waals surface area contributed by atoms with Gasteiger partial charge in [0.15, 0.2) is 0 Å².